The Morgan fingerprint density at radius 3 is 2.08 bits per heavy atom. The van der Waals surface area contributed by atoms with Crippen LogP contribution in [0.25, 0.3) is 0 Å². The standard InChI is InChI=1S/C27H45F2N3O6/c1-17(2)12-19(25(36)31-20(13-18(3)4)24(35)27(5)6-7-27)14-22(33)21(16-38-26(28)29)30-23(34)15-32-8-10-37-11-9-32/h17-21,26H,6-16H2,1-5H3,(H,30,34)(H,31,36)/t19-,20+,21+/m1/s1. The molecule has 2 rings (SSSR count). The largest absolute Gasteiger partial charge is 0.379 e. The number of halogens is 2. The molecule has 9 nitrogen and oxygen atoms in total. The summed E-state index contributed by atoms with van der Waals surface area (Å²) in [7, 11) is 0. The van der Waals surface area contributed by atoms with E-state index in [-0.39, 0.29) is 30.6 Å². The number of carbonyl (C=O) groups is 4. The van der Waals surface area contributed by atoms with Gasteiger partial charge >= 0.3 is 6.61 Å². The molecule has 11 heteroatoms. The lowest BCUT2D eigenvalue weighted by atomic mass is 9.87. The van der Waals surface area contributed by atoms with Crippen molar-refractivity contribution in [3.05, 3.63) is 0 Å². The van der Waals surface area contributed by atoms with Crippen molar-refractivity contribution in [2.45, 2.75) is 85.4 Å². The quantitative estimate of drug-likeness (QED) is 0.289. The molecule has 38 heavy (non-hydrogen) atoms. The summed E-state index contributed by atoms with van der Waals surface area (Å²) in [5.74, 6) is -2.01. The predicted molar refractivity (Wildman–Crippen MR) is 137 cm³/mol. The normalized spacial score (nSPS) is 19.7. The highest BCUT2D eigenvalue weighted by atomic mass is 19.3. The summed E-state index contributed by atoms with van der Waals surface area (Å²) in [4.78, 5) is 54.1. The number of nitrogens with one attached hydrogen (secondary N) is 2. The van der Waals surface area contributed by atoms with Crippen molar-refractivity contribution < 1.29 is 37.4 Å². The van der Waals surface area contributed by atoms with E-state index >= 15 is 0 Å². The second-order valence-electron chi connectivity index (χ2n) is 11.7. The van der Waals surface area contributed by atoms with Gasteiger partial charge in [-0.05, 0) is 37.5 Å². The smallest absolute Gasteiger partial charge is 0.345 e. The van der Waals surface area contributed by atoms with Crippen LogP contribution in [0.4, 0.5) is 8.78 Å². The van der Waals surface area contributed by atoms with Crippen LogP contribution in [0.15, 0.2) is 0 Å². The molecular formula is C27H45F2N3O6. The maximum absolute atomic E-state index is 13.4. The average molecular weight is 546 g/mol. The Hall–Kier alpha value is -1.98. The van der Waals surface area contributed by atoms with E-state index in [1.165, 1.54) is 0 Å². The monoisotopic (exact) mass is 545 g/mol. The molecule has 2 N–H and O–H groups in total. The molecule has 0 unspecified atom stereocenters. The average Bonchev–Trinajstić information content (AvgIpc) is 3.58. The lowest BCUT2D eigenvalue weighted by Crippen LogP contribution is -2.51. The number of ether oxygens (including phenoxy) is 2. The van der Waals surface area contributed by atoms with Crippen molar-refractivity contribution in [2.24, 2.45) is 23.2 Å². The first-order valence-corrected chi connectivity index (χ1v) is 13.7. The molecule has 2 amide bonds. The van der Waals surface area contributed by atoms with E-state index in [0.29, 0.717) is 39.1 Å². The molecule has 1 saturated heterocycles. The van der Waals surface area contributed by atoms with Gasteiger partial charge in [0.25, 0.3) is 0 Å². The second kappa shape index (κ2) is 15.0. The van der Waals surface area contributed by atoms with Gasteiger partial charge in [-0.2, -0.15) is 8.78 Å². The highest BCUT2D eigenvalue weighted by Crippen LogP contribution is 2.47. The molecule has 1 aliphatic heterocycles. The number of hydrogen-bond acceptors (Lipinski definition) is 7. The van der Waals surface area contributed by atoms with Crippen molar-refractivity contribution in [1.82, 2.24) is 15.5 Å². The highest BCUT2D eigenvalue weighted by Gasteiger charge is 2.48. The molecule has 0 aromatic carbocycles. The van der Waals surface area contributed by atoms with Crippen LogP contribution in [-0.4, -0.2) is 86.4 Å². The number of alkyl halides is 2. The number of ketones is 2. The summed E-state index contributed by atoms with van der Waals surface area (Å²) in [5, 5.41) is 5.41. The van der Waals surface area contributed by atoms with Crippen molar-refractivity contribution in [3.8, 4) is 0 Å². The molecule has 3 atom stereocenters. The van der Waals surface area contributed by atoms with Crippen LogP contribution in [-0.2, 0) is 28.7 Å². The SMILES string of the molecule is CC(C)C[C@H](CC(=O)[C@H](COC(F)F)NC(=O)CN1CCOCC1)C(=O)N[C@@H](CC(C)C)C(=O)C1(C)CC1. The number of Topliss-reactive ketones (excluding diaryl/α,β-unsaturated/α-hetero) is 2. The number of hydrogen-bond donors (Lipinski definition) is 2. The molecule has 1 saturated carbocycles. The first-order valence-electron chi connectivity index (χ1n) is 13.7. The Bertz CT molecular complexity index is 813. The highest BCUT2D eigenvalue weighted by molar-refractivity contribution is 5.96. The van der Waals surface area contributed by atoms with E-state index < -0.39 is 54.2 Å². The van der Waals surface area contributed by atoms with E-state index in [1.54, 1.807) is 0 Å². The fourth-order valence-electron chi connectivity index (χ4n) is 4.67. The Labute approximate surface area is 224 Å². The van der Waals surface area contributed by atoms with Gasteiger partial charge in [0.2, 0.25) is 11.8 Å². The third-order valence-electron chi connectivity index (χ3n) is 7.09. The fraction of sp³-hybridized carbons (Fsp3) is 0.852. The molecule has 0 aromatic rings. The second-order valence-corrected chi connectivity index (χ2v) is 11.7. The van der Waals surface area contributed by atoms with E-state index in [2.05, 4.69) is 15.4 Å². The molecule has 218 valence electrons. The van der Waals surface area contributed by atoms with Gasteiger partial charge in [0.15, 0.2) is 11.6 Å². The van der Waals surface area contributed by atoms with Crippen LogP contribution in [0.3, 0.4) is 0 Å². The number of amides is 2. The minimum Gasteiger partial charge on any atom is -0.379 e. The minimum atomic E-state index is -3.11. The molecule has 1 aliphatic carbocycles. The molecule has 0 bridgehead atoms. The fourth-order valence-corrected chi connectivity index (χ4v) is 4.67. The summed E-state index contributed by atoms with van der Waals surface area (Å²) in [6, 6.07) is -1.97. The van der Waals surface area contributed by atoms with Gasteiger partial charge < -0.3 is 20.1 Å². The van der Waals surface area contributed by atoms with Crippen molar-refractivity contribution in [1.29, 1.82) is 0 Å². The van der Waals surface area contributed by atoms with Gasteiger partial charge in [-0.1, -0.05) is 34.6 Å². The lowest BCUT2D eigenvalue weighted by Gasteiger charge is -2.28. The number of nitrogens with zero attached hydrogens (tertiary/aromatic N) is 1. The first kappa shape index (κ1) is 32.2. The summed E-state index contributed by atoms with van der Waals surface area (Å²) in [6.45, 7) is 7.92. The Morgan fingerprint density at radius 2 is 1.55 bits per heavy atom. The van der Waals surface area contributed by atoms with E-state index in [9.17, 15) is 28.0 Å². The lowest BCUT2D eigenvalue weighted by molar-refractivity contribution is -0.148. The molecular weight excluding hydrogens is 500 g/mol. The third kappa shape index (κ3) is 11.0. The summed E-state index contributed by atoms with van der Waals surface area (Å²) in [6.07, 6.45) is 2.17. The van der Waals surface area contributed by atoms with Crippen LogP contribution in [0.5, 0.6) is 0 Å². The van der Waals surface area contributed by atoms with E-state index in [0.717, 1.165) is 12.8 Å². The van der Waals surface area contributed by atoms with Gasteiger partial charge in [0.05, 0.1) is 32.4 Å². The van der Waals surface area contributed by atoms with Crippen LogP contribution >= 0.6 is 0 Å². The van der Waals surface area contributed by atoms with Crippen molar-refractivity contribution in [3.63, 3.8) is 0 Å². The molecule has 0 spiro atoms. The van der Waals surface area contributed by atoms with Gasteiger partial charge in [-0.3, -0.25) is 24.1 Å². The van der Waals surface area contributed by atoms with Crippen molar-refractivity contribution >= 4 is 23.4 Å². The Balaban J connectivity index is 2.10. The first-order chi connectivity index (χ1) is 17.8. The van der Waals surface area contributed by atoms with Crippen molar-refractivity contribution in [2.75, 3.05) is 39.5 Å². The van der Waals surface area contributed by atoms with Gasteiger partial charge in [0, 0.05) is 30.8 Å². The van der Waals surface area contributed by atoms with E-state index in [1.807, 2.05) is 39.5 Å². The summed E-state index contributed by atoms with van der Waals surface area (Å²) in [5.41, 5.74) is -0.418. The zero-order chi connectivity index (χ0) is 28.5. The topological polar surface area (TPSA) is 114 Å². The molecule has 2 aliphatic rings. The van der Waals surface area contributed by atoms with Crippen LogP contribution in [0.2, 0.25) is 0 Å². The number of carbonyl (C=O) groups excluding carboxylic acids is 4. The summed E-state index contributed by atoms with van der Waals surface area (Å²) >= 11 is 0. The minimum absolute atomic E-state index is 0.00448. The zero-order valence-electron chi connectivity index (χ0n) is 23.4. The summed E-state index contributed by atoms with van der Waals surface area (Å²) < 4.78 is 35.2. The Kier molecular flexibility index (Phi) is 12.7. The number of morpholine rings is 1. The zero-order valence-corrected chi connectivity index (χ0v) is 23.4. The Morgan fingerprint density at radius 1 is 0.947 bits per heavy atom. The molecule has 1 heterocycles. The van der Waals surface area contributed by atoms with Crippen LogP contribution in [0.1, 0.15) is 66.7 Å². The van der Waals surface area contributed by atoms with E-state index in [4.69, 9.17) is 4.74 Å². The number of rotatable bonds is 17. The molecule has 0 aromatic heterocycles. The van der Waals surface area contributed by atoms with Gasteiger partial charge in [-0.25, -0.2) is 0 Å². The predicted octanol–water partition coefficient (Wildman–Crippen LogP) is 2.56. The maximum Gasteiger partial charge on any atom is 0.345 e. The van der Waals surface area contributed by atoms with Gasteiger partial charge in [-0.15, -0.1) is 0 Å². The molecule has 0 radical (unpaired) electrons. The van der Waals surface area contributed by atoms with Crippen LogP contribution in [0, 0.1) is 23.2 Å². The third-order valence-corrected chi connectivity index (χ3v) is 7.09. The molecule has 2 fully saturated rings. The van der Waals surface area contributed by atoms with Gasteiger partial charge in [0.1, 0.15) is 6.04 Å². The van der Waals surface area contributed by atoms with Crippen LogP contribution < -0.4 is 10.6 Å². The maximum atomic E-state index is 13.4.